The SMILES string of the molecule is CCOC(=O)c1c(NC(=O)/C(C#N)=C/c2cc(Br)c(OCC)c(OC)c2)sc2c1CCCC2. The monoisotopic (exact) mass is 532 g/mol. The average Bonchev–Trinajstić information content (AvgIpc) is 3.16. The van der Waals surface area contributed by atoms with Crippen LogP contribution >= 0.6 is 27.3 Å². The lowest BCUT2D eigenvalue weighted by Gasteiger charge is -2.13. The van der Waals surface area contributed by atoms with Crippen LogP contribution in [0.2, 0.25) is 0 Å². The summed E-state index contributed by atoms with van der Waals surface area (Å²) in [4.78, 5) is 26.7. The number of nitriles is 1. The van der Waals surface area contributed by atoms with Gasteiger partial charge in [-0.1, -0.05) is 0 Å². The summed E-state index contributed by atoms with van der Waals surface area (Å²) in [5.41, 5.74) is 1.84. The maximum Gasteiger partial charge on any atom is 0.341 e. The van der Waals surface area contributed by atoms with Gasteiger partial charge in [-0.2, -0.15) is 5.26 Å². The summed E-state index contributed by atoms with van der Waals surface area (Å²) in [6, 6.07) is 5.38. The molecule has 174 valence electrons. The summed E-state index contributed by atoms with van der Waals surface area (Å²) < 4.78 is 16.8. The Labute approximate surface area is 205 Å². The van der Waals surface area contributed by atoms with E-state index in [1.807, 2.05) is 13.0 Å². The van der Waals surface area contributed by atoms with Crippen LogP contribution in [-0.4, -0.2) is 32.2 Å². The Balaban J connectivity index is 1.93. The number of benzene rings is 1. The van der Waals surface area contributed by atoms with E-state index >= 15 is 0 Å². The van der Waals surface area contributed by atoms with Gasteiger partial charge < -0.3 is 19.5 Å². The lowest BCUT2D eigenvalue weighted by atomic mass is 9.95. The zero-order valence-corrected chi connectivity index (χ0v) is 21.2. The van der Waals surface area contributed by atoms with E-state index < -0.39 is 11.9 Å². The Hall–Kier alpha value is -2.83. The topological polar surface area (TPSA) is 97.7 Å². The van der Waals surface area contributed by atoms with Gasteiger partial charge in [-0.05, 0) is 84.8 Å². The molecule has 9 heteroatoms. The number of ether oxygens (including phenoxy) is 3. The summed E-state index contributed by atoms with van der Waals surface area (Å²) in [5.74, 6) is -0.0189. The Morgan fingerprint density at radius 2 is 2.00 bits per heavy atom. The van der Waals surface area contributed by atoms with Gasteiger partial charge in [0.15, 0.2) is 11.5 Å². The van der Waals surface area contributed by atoms with E-state index in [1.165, 1.54) is 24.5 Å². The van der Waals surface area contributed by atoms with E-state index in [0.717, 1.165) is 36.1 Å². The average molecular weight is 533 g/mol. The van der Waals surface area contributed by atoms with E-state index in [2.05, 4.69) is 21.2 Å². The van der Waals surface area contributed by atoms with E-state index in [0.29, 0.717) is 38.7 Å². The fourth-order valence-corrected chi connectivity index (χ4v) is 5.51. The van der Waals surface area contributed by atoms with Gasteiger partial charge >= 0.3 is 5.97 Å². The molecule has 2 aromatic rings. The predicted molar refractivity (Wildman–Crippen MR) is 131 cm³/mol. The van der Waals surface area contributed by atoms with Crippen molar-refractivity contribution in [2.45, 2.75) is 39.5 Å². The third-order valence-electron chi connectivity index (χ3n) is 5.09. The number of halogens is 1. The van der Waals surface area contributed by atoms with E-state index in [1.54, 1.807) is 19.1 Å². The number of thiophene rings is 1. The van der Waals surface area contributed by atoms with Gasteiger partial charge in [-0.3, -0.25) is 4.79 Å². The molecule has 7 nitrogen and oxygen atoms in total. The van der Waals surface area contributed by atoms with Crippen molar-refractivity contribution in [1.29, 1.82) is 5.26 Å². The highest BCUT2D eigenvalue weighted by Gasteiger charge is 2.28. The van der Waals surface area contributed by atoms with Crippen LogP contribution in [0.1, 0.15) is 53.1 Å². The molecule has 1 aliphatic rings. The molecule has 0 radical (unpaired) electrons. The number of aryl methyl sites for hydroxylation is 1. The van der Waals surface area contributed by atoms with Crippen LogP contribution in [0.25, 0.3) is 6.08 Å². The van der Waals surface area contributed by atoms with Crippen molar-refractivity contribution in [3.63, 3.8) is 0 Å². The first-order valence-electron chi connectivity index (χ1n) is 10.7. The van der Waals surface area contributed by atoms with E-state index in [4.69, 9.17) is 14.2 Å². The Bertz CT molecular complexity index is 1130. The van der Waals surface area contributed by atoms with Crippen molar-refractivity contribution in [2.24, 2.45) is 0 Å². The molecule has 0 bridgehead atoms. The minimum Gasteiger partial charge on any atom is -0.493 e. The summed E-state index contributed by atoms with van der Waals surface area (Å²) in [7, 11) is 1.52. The highest BCUT2D eigenvalue weighted by molar-refractivity contribution is 9.10. The number of carbonyl (C=O) groups excluding carboxylic acids is 2. The van der Waals surface area contributed by atoms with E-state index in [-0.39, 0.29) is 12.2 Å². The fraction of sp³-hybridized carbons (Fsp3) is 0.375. The number of hydrogen-bond acceptors (Lipinski definition) is 7. The number of carbonyl (C=O) groups is 2. The molecular formula is C24H25BrN2O5S. The molecule has 1 aliphatic carbocycles. The number of hydrogen-bond donors (Lipinski definition) is 1. The van der Waals surface area contributed by atoms with E-state index in [9.17, 15) is 14.9 Å². The van der Waals surface area contributed by atoms with Gasteiger partial charge in [-0.15, -0.1) is 11.3 Å². The number of anilines is 1. The zero-order valence-electron chi connectivity index (χ0n) is 18.7. The molecule has 1 heterocycles. The number of nitrogens with one attached hydrogen (secondary N) is 1. The van der Waals surface area contributed by atoms with Crippen molar-refractivity contribution in [1.82, 2.24) is 0 Å². The largest absolute Gasteiger partial charge is 0.493 e. The van der Waals surface area contributed by atoms with Crippen LogP contribution in [-0.2, 0) is 22.4 Å². The normalized spacial score (nSPS) is 13.0. The highest BCUT2D eigenvalue weighted by Crippen LogP contribution is 2.39. The number of esters is 1. The van der Waals surface area contributed by atoms with Gasteiger partial charge in [0.25, 0.3) is 5.91 Å². The quantitative estimate of drug-likeness (QED) is 0.273. The Morgan fingerprint density at radius 3 is 2.67 bits per heavy atom. The molecule has 0 spiro atoms. The van der Waals surface area contributed by atoms with Gasteiger partial charge in [-0.25, -0.2) is 4.79 Å². The zero-order chi connectivity index (χ0) is 24.0. The third kappa shape index (κ3) is 5.57. The van der Waals surface area contributed by atoms with Gasteiger partial charge in [0, 0.05) is 4.88 Å². The molecule has 0 saturated carbocycles. The van der Waals surface area contributed by atoms with Crippen LogP contribution in [0, 0.1) is 11.3 Å². The first kappa shape index (κ1) is 24.8. The smallest absolute Gasteiger partial charge is 0.341 e. The molecule has 33 heavy (non-hydrogen) atoms. The van der Waals surface area contributed by atoms with Crippen molar-refractivity contribution < 1.29 is 23.8 Å². The van der Waals surface area contributed by atoms with Crippen LogP contribution in [0.3, 0.4) is 0 Å². The number of methoxy groups -OCH3 is 1. The fourth-order valence-electron chi connectivity index (χ4n) is 3.67. The van der Waals surface area contributed by atoms with Crippen LogP contribution < -0.4 is 14.8 Å². The van der Waals surface area contributed by atoms with Crippen molar-refractivity contribution in [3.8, 4) is 17.6 Å². The highest BCUT2D eigenvalue weighted by atomic mass is 79.9. The molecule has 0 atom stereocenters. The Morgan fingerprint density at radius 1 is 1.24 bits per heavy atom. The molecule has 3 rings (SSSR count). The Kier molecular flexibility index (Phi) is 8.53. The van der Waals surface area contributed by atoms with Gasteiger partial charge in [0.05, 0.1) is 30.4 Å². The molecule has 1 aromatic heterocycles. The summed E-state index contributed by atoms with van der Waals surface area (Å²) in [5, 5.41) is 12.9. The number of fused-ring (bicyclic) bond motifs is 1. The molecule has 0 unspecified atom stereocenters. The van der Waals surface area contributed by atoms with Crippen molar-refractivity contribution in [3.05, 3.63) is 43.7 Å². The molecule has 0 aliphatic heterocycles. The maximum absolute atomic E-state index is 13.0. The molecule has 1 aromatic carbocycles. The van der Waals surface area contributed by atoms with Crippen molar-refractivity contribution in [2.75, 3.05) is 25.6 Å². The summed E-state index contributed by atoms with van der Waals surface area (Å²) in [6.07, 6.45) is 5.14. The molecule has 0 fully saturated rings. The third-order valence-corrected chi connectivity index (χ3v) is 6.89. The maximum atomic E-state index is 13.0. The minimum absolute atomic E-state index is 0.103. The van der Waals surface area contributed by atoms with Crippen molar-refractivity contribution >= 4 is 50.2 Å². The second kappa shape index (κ2) is 11.3. The summed E-state index contributed by atoms with van der Waals surface area (Å²) in [6.45, 7) is 4.32. The van der Waals surface area contributed by atoms with Crippen LogP contribution in [0.4, 0.5) is 5.00 Å². The predicted octanol–water partition coefficient (Wildman–Crippen LogP) is 5.52. The second-order valence-corrected chi connectivity index (χ2v) is 9.19. The molecule has 1 amide bonds. The number of amides is 1. The first-order valence-corrected chi connectivity index (χ1v) is 12.3. The molecule has 1 N–H and O–H groups in total. The van der Waals surface area contributed by atoms with Crippen LogP contribution in [0.5, 0.6) is 11.5 Å². The summed E-state index contributed by atoms with van der Waals surface area (Å²) >= 11 is 4.83. The molecule has 0 saturated heterocycles. The number of rotatable bonds is 8. The lowest BCUT2D eigenvalue weighted by molar-refractivity contribution is -0.112. The minimum atomic E-state index is -0.592. The van der Waals surface area contributed by atoms with Crippen LogP contribution in [0.15, 0.2) is 22.2 Å². The lowest BCUT2D eigenvalue weighted by Crippen LogP contribution is -2.16. The second-order valence-electron chi connectivity index (χ2n) is 7.23. The van der Waals surface area contributed by atoms with Gasteiger partial charge in [0.1, 0.15) is 16.6 Å². The first-order chi connectivity index (χ1) is 15.9. The molecular weight excluding hydrogens is 508 g/mol. The number of nitrogens with zero attached hydrogens (tertiary/aromatic N) is 1. The van der Waals surface area contributed by atoms with Gasteiger partial charge in [0.2, 0.25) is 0 Å². The standard InChI is InChI=1S/C24H25BrN2O5S/c1-4-31-21-17(25)11-14(12-18(21)30-3)10-15(13-26)22(28)27-23-20(24(29)32-5-2)16-8-6-7-9-19(16)33-23/h10-12H,4-9H2,1-3H3,(H,27,28)/b15-10+.